The van der Waals surface area contributed by atoms with E-state index in [1.54, 1.807) is 7.11 Å². The molecule has 0 aromatic heterocycles. The first-order valence-electron chi connectivity index (χ1n) is 7.87. The van der Waals surface area contributed by atoms with Gasteiger partial charge in [-0.15, -0.1) is 0 Å². The lowest BCUT2D eigenvalue weighted by Crippen LogP contribution is -2.27. The summed E-state index contributed by atoms with van der Waals surface area (Å²) >= 11 is 0. The molecule has 2 rings (SSSR count). The molecule has 0 spiro atoms. The van der Waals surface area contributed by atoms with E-state index >= 15 is 0 Å². The Labute approximate surface area is 141 Å². The minimum Gasteiger partial charge on any atom is -0.496 e. The fourth-order valence-electron chi connectivity index (χ4n) is 2.32. The van der Waals surface area contributed by atoms with Gasteiger partial charge in [0.25, 0.3) is 0 Å². The van der Waals surface area contributed by atoms with Crippen LogP contribution < -0.4 is 14.8 Å². The van der Waals surface area contributed by atoms with Crippen LogP contribution in [0, 0.1) is 12.7 Å². The second-order valence-corrected chi connectivity index (χ2v) is 5.47. The van der Waals surface area contributed by atoms with Gasteiger partial charge in [-0.25, -0.2) is 4.39 Å². The Morgan fingerprint density at radius 1 is 1.17 bits per heavy atom. The third-order valence-electron chi connectivity index (χ3n) is 3.56. The lowest BCUT2D eigenvalue weighted by molar-refractivity contribution is -0.121. The first kappa shape index (κ1) is 17.8. The number of amides is 1. The second kappa shape index (κ2) is 8.91. The summed E-state index contributed by atoms with van der Waals surface area (Å²) in [5, 5.41) is 2.86. The molecule has 128 valence electrons. The molecule has 0 radical (unpaired) electrons. The first-order valence-corrected chi connectivity index (χ1v) is 7.87. The SMILES string of the molecule is COc1ccc(C)cc1CCNC(=O)CCOc1ccc(F)cc1. The first-order chi connectivity index (χ1) is 11.6. The van der Waals surface area contributed by atoms with Crippen molar-refractivity contribution in [1.29, 1.82) is 0 Å². The molecule has 0 fully saturated rings. The Hall–Kier alpha value is -2.56. The van der Waals surface area contributed by atoms with E-state index < -0.39 is 0 Å². The minimum atomic E-state index is -0.313. The predicted octanol–water partition coefficient (Wildman–Crippen LogP) is 3.27. The van der Waals surface area contributed by atoms with Crippen LogP contribution in [0.4, 0.5) is 4.39 Å². The largest absolute Gasteiger partial charge is 0.496 e. The zero-order valence-electron chi connectivity index (χ0n) is 14.0. The third-order valence-corrected chi connectivity index (χ3v) is 3.56. The van der Waals surface area contributed by atoms with Crippen molar-refractivity contribution in [3.8, 4) is 11.5 Å². The molecular weight excluding hydrogens is 309 g/mol. The molecule has 4 nitrogen and oxygen atoms in total. The fourth-order valence-corrected chi connectivity index (χ4v) is 2.32. The lowest BCUT2D eigenvalue weighted by atomic mass is 10.1. The lowest BCUT2D eigenvalue weighted by Gasteiger charge is -2.10. The molecular formula is C19H22FNO3. The van der Waals surface area contributed by atoms with Gasteiger partial charge in [0.15, 0.2) is 0 Å². The van der Waals surface area contributed by atoms with Crippen LogP contribution in [0.25, 0.3) is 0 Å². The van der Waals surface area contributed by atoms with Crippen molar-refractivity contribution >= 4 is 5.91 Å². The van der Waals surface area contributed by atoms with Crippen molar-refractivity contribution in [3.63, 3.8) is 0 Å². The monoisotopic (exact) mass is 331 g/mol. The highest BCUT2D eigenvalue weighted by molar-refractivity contribution is 5.76. The summed E-state index contributed by atoms with van der Waals surface area (Å²) in [7, 11) is 1.64. The Morgan fingerprint density at radius 3 is 2.62 bits per heavy atom. The van der Waals surface area contributed by atoms with E-state index in [1.807, 2.05) is 19.1 Å². The van der Waals surface area contributed by atoms with Gasteiger partial charge < -0.3 is 14.8 Å². The van der Waals surface area contributed by atoms with Crippen molar-refractivity contribution in [2.24, 2.45) is 0 Å². The number of rotatable bonds is 8. The topological polar surface area (TPSA) is 47.6 Å². The number of ether oxygens (including phenoxy) is 2. The Bertz CT molecular complexity index is 671. The standard InChI is InChI=1S/C19H22FNO3/c1-14-3-8-18(23-2)15(13-14)9-11-21-19(22)10-12-24-17-6-4-16(20)5-7-17/h3-8,13H,9-12H2,1-2H3,(H,21,22). The van der Waals surface area contributed by atoms with Gasteiger partial charge in [0.2, 0.25) is 5.91 Å². The number of carbonyl (C=O) groups is 1. The maximum Gasteiger partial charge on any atom is 0.223 e. The molecule has 0 saturated heterocycles. The van der Waals surface area contributed by atoms with Crippen LogP contribution >= 0.6 is 0 Å². The summed E-state index contributed by atoms with van der Waals surface area (Å²) in [6.45, 7) is 2.81. The van der Waals surface area contributed by atoms with Gasteiger partial charge in [-0.2, -0.15) is 0 Å². The van der Waals surface area contributed by atoms with Gasteiger partial charge >= 0.3 is 0 Å². The van der Waals surface area contributed by atoms with Crippen molar-refractivity contribution in [2.75, 3.05) is 20.3 Å². The number of methoxy groups -OCH3 is 1. The highest BCUT2D eigenvalue weighted by atomic mass is 19.1. The number of hydrogen-bond donors (Lipinski definition) is 1. The smallest absolute Gasteiger partial charge is 0.223 e. The molecule has 24 heavy (non-hydrogen) atoms. The number of halogens is 1. The van der Waals surface area contributed by atoms with Crippen LogP contribution in [0.2, 0.25) is 0 Å². The average molecular weight is 331 g/mol. The van der Waals surface area contributed by atoms with E-state index in [1.165, 1.54) is 24.3 Å². The van der Waals surface area contributed by atoms with Crippen LogP contribution in [-0.2, 0) is 11.2 Å². The molecule has 0 aliphatic rings. The number of carbonyl (C=O) groups excluding carboxylic acids is 1. The van der Waals surface area contributed by atoms with Gasteiger partial charge in [0.1, 0.15) is 17.3 Å². The Kier molecular flexibility index (Phi) is 6.61. The maximum absolute atomic E-state index is 12.8. The zero-order chi connectivity index (χ0) is 17.4. The summed E-state index contributed by atoms with van der Waals surface area (Å²) in [4.78, 5) is 11.8. The van der Waals surface area contributed by atoms with E-state index in [-0.39, 0.29) is 24.8 Å². The number of nitrogens with one attached hydrogen (secondary N) is 1. The average Bonchev–Trinajstić information content (AvgIpc) is 2.57. The minimum absolute atomic E-state index is 0.0799. The van der Waals surface area contributed by atoms with Gasteiger partial charge in [0, 0.05) is 6.54 Å². The Morgan fingerprint density at radius 2 is 1.92 bits per heavy atom. The van der Waals surface area contributed by atoms with E-state index in [4.69, 9.17) is 9.47 Å². The molecule has 1 N–H and O–H groups in total. The second-order valence-electron chi connectivity index (χ2n) is 5.47. The highest BCUT2D eigenvalue weighted by Crippen LogP contribution is 2.19. The quantitative estimate of drug-likeness (QED) is 0.807. The Balaban J connectivity index is 1.70. The molecule has 0 unspecified atom stereocenters. The van der Waals surface area contributed by atoms with Crippen molar-refractivity contribution in [1.82, 2.24) is 5.32 Å². The number of hydrogen-bond acceptors (Lipinski definition) is 3. The van der Waals surface area contributed by atoms with Crippen molar-refractivity contribution < 1.29 is 18.7 Å². The van der Waals surface area contributed by atoms with Crippen molar-refractivity contribution in [3.05, 3.63) is 59.4 Å². The summed E-state index contributed by atoms with van der Waals surface area (Å²) in [6.07, 6.45) is 0.956. The van der Waals surface area contributed by atoms with Crippen molar-refractivity contribution in [2.45, 2.75) is 19.8 Å². The summed E-state index contributed by atoms with van der Waals surface area (Å²) in [6, 6.07) is 11.7. The third kappa shape index (κ3) is 5.57. The van der Waals surface area contributed by atoms with E-state index in [0.29, 0.717) is 18.7 Å². The highest BCUT2D eigenvalue weighted by Gasteiger charge is 2.05. The zero-order valence-corrected chi connectivity index (χ0v) is 14.0. The maximum atomic E-state index is 12.8. The van der Waals surface area contributed by atoms with E-state index in [0.717, 1.165) is 16.9 Å². The van der Waals surface area contributed by atoms with Gasteiger partial charge in [-0.1, -0.05) is 17.7 Å². The summed E-state index contributed by atoms with van der Waals surface area (Å²) < 4.78 is 23.5. The van der Waals surface area contributed by atoms with Gasteiger partial charge in [-0.3, -0.25) is 4.79 Å². The van der Waals surface area contributed by atoms with Crippen LogP contribution in [0.15, 0.2) is 42.5 Å². The molecule has 0 bridgehead atoms. The molecule has 1 amide bonds. The normalized spacial score (nSPS) is 10.3. The molecule has 0 aliphatic heterocycles. The van der Waals surface area contributed by atoms with Crippen LogP contribution in [-0.4, -0.2) is 26.2 Å². The van der Waals surface area contributed by atoms with Crippen LogP contribution in [0.3, 0.4) is 0 Å². The molecule has 2 aromatic carbocycles. The van der Waals surface area contributed by atoms with Gasteiger partial charge in [-0.05, 0) is 49.2 Å². The summed E-state index contributed by atoms with van der Waals surface area (Å²) in [5.74, 6) is 0.985. The molecule has 2 aromatic rings. The van der Waals surface area contributed by atoms with E-state index in [9.17, 15) is 9.18 Å². The summed E-state index contributed by atoms with van der Waals surface area (Å²) in [5.41, 5.74) is 2.23. The fraction of sp³-hybridized carbons (Fsp3) is 0.316. The number of benzene rings is 2. The molecule has 0 atom stereocenters. The molecule has 0 heterocycles. The molecule has 0 aliphatic carbocycles. The van der Waals surface area contributed by atoms with Crippen LogP contribution in [0.1, 0.15) is 17.5 Å². The van der Waals surface area contributed by atoms with E-state index in [2.05, 4.69) is 11.4 Å². The predicted molar refractivity (Wildman–Crippen MR) is 91.0 cm³/mol. The molecule has 5 heteroatoms. The number of aryl methyl sites for hydroxylation is 1. The van der Waals surface area contributed by atoms with Crippen LogP contribution in [0.5, 0.6) is 11.5 Å². The van der Waals surface area contributed by atoms with Gasteiger partial charge in [0.05, 0.1) is 20.1 Å². The molecule has 0 saturated carbocycles.